The fourth-order valence-corrected chi connectivity index (χ4v) is 2.41. The summed E-state index contributed by atoms with van der Waals surface area (Å²) in [5.41, 5.74) is 0. The lowest BCUT2D eigenvalue weighted by Gasteiger charge is -2.27. The quantitative estimate of drug-likeness (QED) is 0.556. The van der Waals surface area contributed by atoms with Gasteiger partial charge in [-0.1, -0.05) is 0 Å². The molecule has 2 aliphatic rings. The average Bonchev–Trinajstić information content (AvgIpc) is 2.79. The van der Waals surface area contributed by atoms with E-state index in [2.05, 4.69) is 19.0 Å². The monoisotopic (exact) mass is 250 g/mol. The largest absolute Gasteiger partial charge is 1.00 e. The Hall–Kier alpha value is 0.170. The first kappa shape index (κ1) is 16.2. The molecule has 0 atom stereocenters. The minimum Gasteiger partial charge on any atom is -1.00 e. The molecular formula is C12H27ClN2O. The number of quaternary nitrogens is 1. The molecule has 3 nitrogen and oxygen atoms in total. The Morgan fingerprint density at radius 1 is 1.06 bits per heavy atom. The van der Waals surface area contributed by atoms with Crippen LogP contribution in [-0.4, -0.2) is 63.5 Å². The van der Waals surface area contributed by atoms with Crippen LogP contribution >= 0.6 is 0 Å². The highest BCUT2D eigenvalue weighted by atomic mass is 35.5. The lowest BCUT2D eigenvalue weighted by atomic mass is 10.4. The summed E-state index contributed by atoms with van der Waals surface area (Å²) in [5.74, 6) is 0. The van der Waals surface area contributed by atoms with Crippen molar-refractivity contribution in [1.29, 1.82) is 0 Å². The Labute approximate surface area is 107 Å². The standard InChI is InChI=1S/C7H16NO.C5H11N.ClH/c1-8(7-9-2)5-3-4-6-8;1-6-4-2-3-5-6;/h3-7H2,1-2H3;2-5H2,1H3;1H/q+1;;/p-1. The van der Waals surface area contributed by atoms with E-state index < -0.39 is 0 Å². The van der Waals surface area contributed by atoms with Gasteiger partial charge in [0.25, 0.3) is 0 Å². The molecule has 0 aromatic rings. The summed E-state index contributed by atoms with van der Waals surface area (Å²) in [6, 6.07) is 0. The Morgan fingerprint density at radius 3 is 1.88 bits per heavy atom. The van der Waals surface area contributed by atoms with Crippen LogP contribution in [0, 0.1) is 0 Å². The maximum absolute atomic E-state index is 5.10. The molecule has 0 aliphatic carbocycles. The third kappa shape index (κ3) is 6.04. The molecule has 2 fully saturated rings. The minimum absolute atomic E-state index is 0. The number of likely N-dealkylation sites (tertiary alicyclic amines) is 2. The molecule has 0 spiro atoms. The fraction of sp³-hybridized carbons (Fsp3) is 1.00. The van der Waals surface area contributed by atoms with Crippen LogP contribution in [0.1, 0.15) is 25.7 Å². The molecule has 16 heavy (non-hydrogen) atoms. The predicted octanol–water partition coefficient (Wildman–Crippen LogP) is -1.45. The van der Waals surface area contributed by atoms with Crippen molar-refractivity contribution < 1.29 is 21.6 Å². The van der Waals surface area contributed by atoms with Gasteiger partial charge in [0.2, 0.25) is 0 Å². The van der Waals surface area contributed by atoms with Crippen molar-refractivity contribution >= 4 is 0 Å². The third-order valence-corrected chi connectivity index (χ3v) is 3.42. The van der Waals surface area contributed by atoms with Crippen molar-refractivity contribution in [2.45, 2.75) is 25.7 Å². The molecule has 4 heteroatoms. The fourth-order valence-electron chi connectivity index (χ4n) is 2.41. The van der Waals surface area contributed by atoms with Gasteiger partial charge in [-0.05, 0) is 33.0 Å². The van der Waals surface area contributed by atoms with Gasteiger partial charge in [0.05, 0.1) is 20.1 Å². The zero-order valence-corrected chi connectivity index (χ0v) is 11.8. The second-order valence-electron chi connectivity index (χ2n) is 5.20. The lowest BCUT2D eigenvalue weighted by molar-refractivity contribution is -0.916. The van der Waals surface area contributed by atoms with Gasteiger partial charge in [-0.2, -0.15) is 0 Å². The smallest absolute Gasteiger partial charge is 0.182 e. The van der Waals surface area contributed by atoms with Crippen LogP contribution in [0.4, 0.5) is 0 Å². The number of rotatable bonds is 2. The van der Waals surface area contributed by atoms with Gasteiger partial charge in [-0.25, -0.2) is 0 Å². The molecule has 0 aromatic heterocycles. The number of nitrogens with zero attached hydrogens (tertiary/aromatic N) is 2. The molecule has 0 bridgehead atoms. The van der Waals surface area contributed by atoms with Gasteiger partial charge in [0, 0.05) is 20.0 Å². The van der Waals surface area contributed by atoms with E-state index >= 15 is 0 Å². The molecule has 2 heterocycles. The first-order valence-corrected chi connectivity index (χ1v) is 6.17. The first-order valence-electron chi connectivity index (χ1n) is 6.17. The molecule has 0 saturated carbocycles. The molecule has 98 valence electrons. The maximum Gasteiger partial charge on any atom is 0.182 e. The summed E-state index contributed by atoms with van der Waals surface area (Å²) in [6.07, 6.45) is 5.58. The van der Waals surface area contributed by atoms with Crippen molar-refractivity contribution in [3.63, 3.8) is 0 Å². The summed E-state index contributed by atoms with van der Waals surface area (Å²) in [4.78, 5) is 2.36. The number of hydrogen-bond donors (Lipinski definition) is 0. The van der Waals surface area contributed by atoms with Gasteiger partial charge < -0.3 is 26.5 Å². The van der Waals surface area contributed by atoms with Crippen LogP contribution in [0.25, 0.3) is 0 Å². The van der Waals surface area contributed by atoms with E-state index in [1.54, 1.807) is 7.11 Å². The van der Waals surface area contributed by atoms with Crippen LogP contribution in [0.3, 0.4) is 0 Å². The van der Waals surface area contributed by atoms with Gasteiger partial charge in [0.1, 0.15) is 0 Å². The highest BCUT2D eigenvalue weighted by molar-refractivity contribution is 4.59. The van der Waals surface area contributed by atoms with Crippen molar-refractivity contribution in [3.8, 4) is 0 Å². The molecule has 0 amide bonds. The highest BCUT2D eigenvalue weighted by Gasteiger charge is 2.25. The molecule has 0 unspecified atom stereocenters. The minimum atomic E-state index is 0. The van der Waals surface area contributed by atoms with E-state index in [9.17, 15) is 0 Å². The average molecular weight is 251 g/mol. The number of halogens is 1. The van der Waals surface area contributed by atoms with Crippen LogP contribution in [0.5, 0.6) is 0 Å². The first-order chi connectivity index (χ1) is 7.16. The van der Waals surface area contributed by atoms with Gasteiger partial charge >= 0.3 is 0 Å². The highest BCUT2D eigenvalue weighted by Crippen LogP contribution is 2.15. The van der Waals surface area contributed by atoms with E-state index in [1.807, 2.05) is 0 Å². The molecular weight excluding hydrogens is 224 g/mol. The van der Waals surface area contributed by atoms with E-state index in [-0.39, 0.29) is 12.4 Å². The van der Waals surface area contributed by atoms with Gasteiger partial charge in [-0.3, -0.25) is 0 Å². The van der Waals surface area contributed by atoms with E-state index in [4.69, 9.17) is 4.74 Å². The van der Waals surface area contributed by atoms with E-state index in [0.29, 0.717) is 0 Å². The maximum atomic E-state index is 5.10. The summed E-state index contributed by atoms with van der Waals surface area (Å²) >= 11 is 0. The molecule has 2 saturated heterocycles. The zero-order valence-electron chi connectivity index (χ0n) is 11.0. The summed E-state index contributed by atoms with van der Waals surface area (Å²) in [5, 5.41) is 0. The summed E-state index contributed by atoms with van der Waals surface area (Å²) in [7, 11) is 6.21. The number of hydrogen-bond acceptors (Lipinski definition) is 2. The molecule has 2 aliphatic heterocycles. The molecule has 0 radical (unpaired) electrons. The Kier molecular flexibility index (Phi) is 8.38. The normalized spacial score (nSPS) is 23.4. The molecule has 0 aromatic carbocycles. The predicted molar refractivity (Wildman–Crippen MR) is 63.8 cm³/mol. The second kappa shape index (κ2) is 8.29. The van der Waals surface area contributed by atoms with Crippen molar-refractivity contribution in [3.05, 3.63) is 0 Å². The van der Waals surface area contributed by atoms with Crippen molar-refractivity contribution in [1.82, 2.24) is 4.90 Å². The summed E-state index contributed by atoms with van der Waals surface area (Å²) < 4.78 is 6.22. The Morgan fingerprint density at radius 2 is 1.56 bits per heavy atom. The van der Waals surface area contributed by atoms with Gasteiger partial charge in [-0.15, -0.1) is 0 Å². The Balaban J connectivity index is 0.000000283. The van der Waals surface area contributed by atoms with Crippen molar-refractivity contribution in [2.24, 2.45) is 0 Å². The molecule has 2 rings (SSSR count). The van der Waals surface area contributed by atoms with Crippen LogP contribution < -0.4 is 12.4 Å². The SMILES string of the molecule is CN1CCCC1.COC[N+]1(C)CCCC1.[Cl-]. The zero-order chi connectivity index (χ0) is 11.1. The van der Waals surface area contributed by atoms with Crippen LogP contribution in [-0.2, 0) is 4.74 Å². The second-order valence-corrected chi connectivity index (χ2v) is 5.20. The number of ether oxygens (including phenoxy) is 1. The lowest BCUT2D eigenvalue weighted by Crippen LogP contribution is -3.00. The van der Waals surface area contributed by atoms with Crippen molar-refractivity contribution in [2.75, 3.05) is 54.1 Å². The van der Waals surface area contributed by atoms with Crippen LogP contribution in [0.2, 0.25) is 0 Å². The van der Waals surface area contributed by atoms with Gasteiger partial charge in [0.15, 0.2) is 6.73 Å². The van der Waals surface area contributed by atoms with E-state index in [1.165, 1.54) is 51.9 Å². The molecule has 0 N–H and O–H groups in total. The summed E-state index contributed by atoms with van der Waals surface area (Å²) in [6.45, 7) is 6.13. The third-order valence-electron chi connectivity index (χ3n) is 3.42. The van der Waals surface area contributed by atoms with E-state index in [0.717, 1.165) is 11.2 Å². The topological polar surface area (TPSA) is 12.5 Å². The Bertz CT molecular complexity index is 166. The van der Waals surface area contributed by atoms with Crippen LogP contribution in [0.15, 0.2) is 0 Å². The number of methoxy groups -OCH3 is 1.